The molecule has 0 unspecified atom stereocenters. The molecule has 2 aliphatic rings. The zero-order chi connectivity index (χ0) is 20.9. The molecule has 0 bridgehead atoms. The Bertz CT molecular complexity index is 855. The molecule has 1 amide bonds. The minimum atomic E-state index is -0.266. The monoisotopic (exact) mass is 411 g/mol. The van der Waals surface area contributed by atoms with Gasteiger partial charge in [0.25, 0.3) is 0 Å². The van der Waals surface area contributed by atoms with Crippen LogP contribution in [0.15, 0.2) is 36.7 Å². The Balaban J connectivity index is 1.25. The van der Waals surface area contributed by atoms with E-state index in [1.807, 2.05) is 13.0 Å². The molecule has 2 atom stereocenters. The van der Waals surface area contributed by atoms with Gasteiger partial charge in [-0.15, -0.1) is 0 Å². The van der Waals surface area contributed by atoms with Crippen molar-refractivity contribution in [1.29, 1.82) is 0 Å². The summed E-state index contributed by atoms with van der Waals surface area (Å²) >= 11 is 0. The lowest BCUT2D eigenvalue weighted by Crippen LogP contribution is -2.36. The average molecular weight is 412 g/mol. The molecule has 160 valence electrons. The first-order chi connectivity index (χ1) is 14.6. The molecule has 30 heavy (non-hydrogen) atoms. The standard InChI is InChI=1S/C23H30FN5O/c1-16(18-5-7-19(24)8-6-18)27-23(30)11-4-17-3-2-12-29(14-17)22-13-21(25-15-26-22)28-20-9-10-20/h5-8,13,15-17,20H,2-4,9-12,14H2,1H3,(H,27,30)(H,25,26,28)/t16-,17-/m0/s1. The number of carbonyl (C=O) groups excluding carboxylic acids is 1. The van der Waals surface area contributed by atoms with Gasteiger partial charge >= 0.3 is 0 Å². The summed E-state index contributed by atoms with van der Waals surface area (Å²) in [6.07, 6.45) is 7.66. The van der Waals surface area contributed by atoms with Crippen molar-refractivity contribution in [3.05, 3.63) is 48.0 Å². The highest BCUT2D eigenvalue weighted by atomic mass is 19.1. The van der Waals surface area contributed by atoms with Gasteiger partial charge in [0.15, 0.2) is 0 Å². The smallest absolute Gasteiger partial charge is 0.220 e. The summed E-state index contributed by atoms with van der Waals surface area (Å²) in [6, 6.07) is 8.76. The Morgan fingerprint density at radius 2 is 2.03 bits per heavy atom. The fourth-order valence-corrected chi connectivity index (χ4v) is 4.03. The summed E-state index contributed by atoms with van der Waals surface area (Å²) in [5.41, 5.74) is 0.910. The molecule has 2 aromatic rings. The number of amides is 1. The highest BCUT2D eigenvalue weighted by molar-refractivity contribution is 5.76. The predicted molar refractivity (Wildman–Crippen MR) is 116 cm³/mol. The summed E-state index contributed by atoms with van der Waals surface area (Å²) in [7, 11) is 0. The third-order valence-electron chi connectivity index (χ3n) is 5.95. The molecular weight excluding hydrogens is 381 g/mol. The number of rotatable bonds is 8. The van der Waals surface area contributed by atoms with Crippen molar-refractivity contribution in [3.63, 3.8) is 0 Å². The van der Waals surface area contributed by atoms with Crippen molar-refractivity contribution in [3.8, 4) is 0 Å². The van der Waals surface area contributed by atoms with E-state index in [1.54, 1.807) is 18.5 Å². The van der Waals surface area contributed by atoms with Crippen molar-refractivity contribution in [2.45, 2.75) is 57.5 Å². The zero-order valence-electron chi connectivity index (χ0n) is 17.5. The number of nitrogens with one attached hydrogen (secondary N) is 2. The third-order valence-corrected chi connectivity index (χ3v) is 5.95. The lowest BCUT2D eigenvalue weighted by Gasteiger charge is -2.33. The van der Waals surface area contributed by atoms with Crippen molar-refractivity contribution < 1.29 is 9.18 Å². The first-order valence-corrected chi connectivity index (χ1v) is 10.9. The van der Waals surface area contributed by atoms with Crippen molar-refractivity contribution in [2.24, 2.45) is 5.92 Å². The Morgan fingerprint density at radius 1 is 1.23 bits per heavy atom. The van der Waals surface area contributed by atoms with Crippen LogP contribution in [0.4, 0.5) is 16.0 Å². The van der Waals surface area contributed by atoms with Crippen LogP contribution in [0, 0.1) is 11.7 Å². The first-order valence-electron chi connectivity index (χ1n) is 10.9. The van der Waals surface area contributed by atoms with E-state index in [0.29, 0.717) is 18.4 Å². The van der Waals surface area contributed by atoms with Gasteiger partial charge in [0.1, 0.15) is 23.8 Å². The van der Waals surface area contributed by atoms with Crippen LogP contribution in [0.25, 0.3) is 0 Å². The maximum Gasteiger partial charge on any atom is 0.220 e. The van der Waals surface area contributed by atoms with Gasteiger partial charge in [-0.3, -0.25) is 4.79 Å². The van der Waals surface area contributed by atoms with Crippen LogP contribution in [0.2, 0.25) is 0 Å². The summed E-state index contributed by atoms with van der Waals surface area (Å²) in [5.74, 6) is 2.12. The minimum Gasteiger partial charge on any atom is -0.367 e. The number of carbonyl (C=O) groups is 1. The van der Waals surface area contributed by atoms with Gasteiger partial charge in [-0.1, -0.05) is 12.1 Å². The van der Waals surface area contributed by atoms with E-state index >= 15 is 0 Å². The number of hydrogen-bond donors (Lipinski definition) is 2. The van der Waals surface area contributed by atoms with Gasteiger partial charge in [-0.05, 0) is 62.6 Å². The molecule has 1 saturated carbocycles. The number of halogens is 1. The molecule has 0 radical (unpaired) electrons. The van der Waals surface area contributed by atoms with Crippen LogP contribution in [-0.4, -0.2) is 35.0 Å². The molecule has 4 rings (SSSR count). The number of nitrogens with zero attached hydrogens (tertiary/aromatic N) is 3. The van der Waals surface area contributed by atoms with Crippen LogP contribution < -0.4 is 15.5 Å². The predicted octanol–water partition coefficient (Wildman–Crippen LogP) is 4.06. The number of aromatic nitrogens is 2. The van der Waals surface area contributed by atoms with Crippen LogP contribution in [-0.2, 0) is 4.79 Å². The second-order valence-electron chi connectivity index (χ2n) is 8.51. The van der Waals surface area contributed by atoms with E-state index in [-0.39, 0.29) is 17.8 Å². The Labute approximate surface area is 177 Å². The summed E-state index contributed by atoms with van der Waals surface area (Å²) in [5, 5.41) is 6.46. The van der Waals surface area contributed by atoms with Crippen LogP contribution >= 0.6 is 0 Å². The zero-order valence-corrected chi connectivity index (χ0v) is 17.5. The minimum absolute atomic E-state index is 0.0434. The highest BCUT2D eigenvalue weighted by Crippen LogP contribution is 2.28. The summed E-state index contributed by atoms with van der Waals surface area (Å²) < 4.78 is 13.1. The van der Waals surface area contributed by atoms with Gasteiger partial charge in [0.05, 0.1) is 6.04 Å². The van der Waals surface area contributed by atoms with Crippen LogP contribution in [0.1, 0.15) is 57.1 Å². The quantitative estimate of drug-likeness (QED) is 0.685. The SMILES string of the molecule is C[C@H](NC(=O)CC[C@@H]1CCCN(c2cc(NC3CC3)ncn2)C1)c1ccc(F)cc1. The molecule has 1 aliphatic carbocycles. The molecule has 1 saturated heterocycles. The first kappa shape index (κ1) is 20.6. The maximum absolute atomic E-state index is 13.1. The number of anilines is 2. The van der Waals surface area contributed by atoms with E-state index in [9.17, 15) is 9.18 Å². The molecule has 2 N–H and O–H groups in total. The Kier molecular flexibility index (Phi) is 6.45. The van der Waals surface area contributed by atoms with E-state index in [4.69, 9.17) is 0 Å². The largest absolute Gasteiger partial charge is 0.367 e. The van der Waals surface area contributed by atoms with Gasteiger partial charge in [0, 0.05) is 31.6 Å². The molecule has 6 nitrogen and oxygen atoms in total. The van der Waals surface area contributed by atoms with Crippen LogP contribution in [0.3, 0.4) is 0 Å². The van der Waals surface area contributed by atoms with Crippen molar-refractivity contribution in [2.75, 3.05) is 23.3 Å². The number of hydrogen-bond acceptors (Lipinski definition) is 5. The average Bonchev–Trinajstić information content (AvgIpc) is 3.57. The van der Waals surface area contributed by atoms with Crippen LogP contribution in [0.5, 0.6) is 0 Å². The van der Waals surface area contributed by atoms with Crippen molar-refractivity contribution >= 4 is 17.5 Å². The molecule has 1 aromatic heterocycles. The third kappa shape index (κ3) is 5.68. The highest BCUT2D eigenvalue weighted by Gasteiger charge is 2.24. The molecule has 1 aliphatic heterocycles. The van der Waals surface area contributed by atoms with E-state index in [1.165, 1.54) is 25.0 Å². The Morgan fingerprint density at radius 3 is 2.80 bits per heavy atom. The van der Waals surface area contributed by atoms with Gasteiger partial charge < -0.3 is 15.5 Å². The number of benzene rings is 1. The molecule has 0 spiro atoms. The summed E-state index contributed by atoms with van der Waals surface area (Å²) in [4.78, 5) is 23.5. The Hall–Kier alpha value is -2.70. The van der Waals surface area contributed by atoms with E-state index in [2.05, 4.69) is 25.5 Å². The molecular formula is C23H30FN5O. The fourth-order valence-electron chi connectivity index (χ4n) is 4.03. The van der Waals surface area contributed by atoms with Crippen molar-refractivity contribution in [1.82, 2.24) is 15.3 Å². The normalized spacial score (nSPS) is 19.9. The molecule has 2 heterocycles. The lowest BCUT2D eigenvalue weighted by atomic mass is 9.93. The van der Waals surface area contributed by atoms with E-state index in [0.717, 1.165) is 49.6 Å². The second-order valence-corrected chi connectivity index (χ2v) is 8.51. The van der Waals surface area contributed by atoms with Gasteiger partial charge in [-0.25, -0.2) is 14.4 Å². The fraction of sp³-hybridized carbons (Fsp3) is 0.522. The maximum atomic E-state index is 13.1. The topological polar surface area (TPSA) is 70.2 Å². The second kappa shape index (κ2) is 9.41. The molecule has 7 heteroatoms. The van der Waals surface area contributed by atoms with Gasteiger partial charge in [0.2, 0.25) is 5.91 Å². The molecule has 1 aromatic carbocycles. The molecule has 2 fully saturated rings. The summed E-state index contributed by atoms with van der Waals surface area (Å²) in [6.45, 7) is 3.83. The lowest BCUT2D eigenvalue weighted by molar-refractivity contribution is -0.122. The number of piperidine rings is 1. The van der Waals surface area contributed by atoms with E-state index < -0.39 is 0 Å². The van der Waals surface area contributed by atoms with Gasteiger partial charge in [-0.2, -0.15) is 0 Å².